The Morgan fingerprint density at radius 3 is 2.96 bits per heavy atom. The molecule has 1 N–H and O–H groups in total. The molecule has 122 valence electrons. The van der Waals surface area contributed by atoms with E-state index < -0.39 is 5.60 Å². The van der Waals surface area contributed by atoms with E-state index in [1.165, 1.54) is 23.6 Å². The number of likely N-dealkylation sites (N-methyl/N-ethyl adjacent to an activating group) is 1. The minimum absolute atomic E-state index is 0.154. The first-order chi connectivity index (χ1) is 11.1. The number of methoxy groups -OCH3 is 2. The zero-order chi connectivity index (χ0) is 16.2. The number of nitrogens with one attached hydrogen (secondary N) is 1. The minimum atomic E-state index is -0.472. The molecule has 0 saturated carbocycles. The fraction of sp³-hybridized carbons (Fsp3) is 0.500. The van der Waals surface area contributed by atoms with Crippen LogP contribution in [-0.4, -0.2) is 49.7 Å². The van der Waals surface area contributed by atoms with E-state index >= 15 is 0 Å². The van der Waals surface area contributed by atoms with Gasteiger partial charge in [0.25, 0.3) is 0 Å². The third-order valence-electron chi connectivity index (χ3n) is 5.68. The summed E-state index contributed by atoms with van der Waals surface area (Å²) in [4.78, 5) is 17.8. The third kappa shape index (κ3) is 1.90. The van der Waals surface area contributed by atoms with Gasteiger partial charge in [-0.25, -0.2) is 0 Å². The Hall–Kier alpha value is -1.85. The molecule has 0 spiro atoms. The number of rotatable bonds is 2. The molecule has 2 aliphatic rings. The monoisotopic (exact) mass is 314 g/mol. The van der Waals surface area contributed by atoms with Gasteiger partial charge in [-0.05, 0) is 37.1 Å². The van der Waals surface area contributed by atoms with Gasteiger partial charge in [0.1, 0.15) is 5.60 Å². The van der Waals surface area contributed by atoms with Gasteiger partial charge < -0.3 is 14.5 Å². The Labute approximate surface area is 135 Å². The molecule has 2 aromatic rings. The molecule has 3 atom stereocenters. The molecular weight excluding hydrogens is 292 g/mol. The lowest BCUT2D eigenvalue weighted by atomic mass is 9.68. The highest BCUT2D eigenvalue weighted by atomic mass is 16.5. The van der Waals surface area contributed by atoms with E-state index in [0.29, 0.717) is 13.0 Å². The summed E-state index contributed by atoms with van der Waals surface area (Å²) < 4.78 is 11.1. The third-order valence-corrected chi connectivity index (χ3v) is 5.68. The van der Waals surface area contributed by atoms with Gasteiger partial charge in [0.15, 0.2) is 0 Å². The van der Waals surface area contributed by atoms with Gasteiger partial charge in [0, 0.05) is 36.8 Å². The second kappa shape index (κ2) is 5.08. The molecule has 23 heavy (non-hydrogen) atoms. The topological polar surface area (TPSA) is 54.6 Å². The molecule has 1 aliphatic heterocycles. The Kier molecular flexibility index (Phi) is 3.25. The van der Waals surface area contributed by atoms with E-state index in [1.807, 2.05) is 0 Å². The predicted octanol–water partition coefficient (Wildman–Crippen LogP) is 2.06. The highest BCUT2D eigenvalue weighted by molar-refractivity contribution is 5.89. The summed E-state index contributed by atoms with van der Waals surface area (Å²) in [5, 5.41) is 1.25. The lowest BCUT2D eigenvalue weighted by Gasteiger charge is -2.52. The van der Waals surface area contributed by atoms with Crippen molar-refractivity contribution in [3.05, 3.63) is 35.5 Å². The van der Waals surface area contributed by atoms with Crippen molar-refractivity contribution in [1.82, 2.24) is 9.88 Å². The number of piperidine rings is 1. The van der Waals surface area contributed by atoms with Gasteiger partial charge in [0.2, 0.25) is 0 Å². The molecule has 1 aromatic carbocycles. The van der Waals surface area contributed by atoms with Crippen molar-refractivity contribution in [2.45, 2.75) is 24.5 Å². The van der Waals surface area contributed by atoms with Crippen LogP contribution < -0.4 is 0 Å². The summed E-state index contributed by atoms with van der Waals surface area (Å²) in [6.07, 6.45) is 3.69. The van der Waals surface area contributed by atoms with Crippen LogP contribution in [0.4, 0.5) is 0 Å². The summed E-state index contributed by atoms with van der Waals surface area (Å²) >= 11 is 0. The van der Waals surface area contributed by atoms with Crippen LogP contribution in [-0.2, 0) is 26.3 Å². The number of carbonyl (C=O) groups excluding carboxylic acids is 1. The maximum Gasteiger partial charge on any atom is 0.310 e. The number of likely N-dealkylation sites (tertiary alicyclic amines) is 1. The van der Waals surface area contributed by atoms with Gasteiger partial charge >= 0.3 is 5.97 Å². The normalized spacial score (nSPS) is 30.2. The summed E-state index contributed by atoms with van der Waals surface area (Å²) in [6.45, 7) is 0.707. The fourth-order valence-electron chi connectivity index (χ4n) is 4.64. The molecule has 5 nitrogen and oxygen atoms in total. The smallest absolute Gasteiger partial charge is 0.310 e. The number of carbonyl (C=O) groups is 1. The highest BCUT2D eigenvalue weighted by Crippen LogP contribution is 2.49. The number of hydrogen-bond acceptors (Lipinski definition) is 4. The molecule has 0 radical (unpaired) electrons. The maximum absolute atomic E-state index is 12.2. The van der Waals surface area contributed by atoms with E-state index in [-0.39, 0.29) is 17.9 Å². The highest BCUT2D eigenvalue weighted by Gasteiger charge is 2.53. The minimum Gasteiger partial charge on any atom is -0.469 e. The maximum atomic E-state index is 12.2. The molecule has 2 heterocycles. The Morgan fingerprint density at radius 1 is 1.39 bits per heavy atom. The van der Waals surface area contributed by atoms with Gasteiger partial charge in [0.05, 0.1) is 13.0 Å². The van der Waals surface area contributed by atoms with E-state index in [0.717, 1.165) is 11.9 Å². The van der Waals surface area contributed by atoms with Gasteiger partial charge in [-0.3, -0.25) is 9.69 Å². The Balaban J connectivity index is 1.90. The first-order valence-electron chi connectivity index (χ1n) is 8.03. The molecule has 0 bridgehead atoms. The first kappa shape index (κ1) is 14.7. The lowest BCUT2D eigenvalue weighted by molar-refractivity contribution is -0.163. The van der Waals surface area contributed by atoms with Crippen LogP contribution in [0.15, 0.2) is 24.4 Å². The fourth-order valence-corrected chi connectivity index (χ4v) is 4.64. The van der Waals surface area contributed by atoms with Crippen molar-refractivity contribution >= 4 is 16.9 Å². The molecule has 5 heteroatoms. The number of fused-ring (bicyclic) bond motifs is 2. The average molecular weight is 314 g/mol. The lowest BCUT2D eigenvalue weighted by Crippen LogP contribution is -2.60. The SMILES string of the molecule is COC(=O)[C@@H]1CN(C)[C@H]2Cc3c[nH]c4cccc(c34)[C@]2(OC)C1. The number of nitrogens with zero attached hydrogens (tertiary/aromatic N) is 1. The molecule has 1 saturated heterocycles. The second-order valence-corrected chi connectivity index (χ2v) is 6.72. The molecule has 1 fully saturated rings. The van der Waals surface area contributed by atoms with Crippen LogP contribution in [0.2, 0.25) is 0 Å². The van der Waals surface area contributed by atoms with Crippen molar-refractivity contribution in [1.29, 1.82) is 0 Å². The van der Waals surface area contributed by atoms with Crippen molar-refractivity contribution in [2.75, 3.05) is 27.8 Å². The zero-order valence-electron chi connectivity index (χ0n) is 13.8. The number of aromatic nitrogens is 1. The van der Waals surface area contributed by atoms with Crippen molar-refractivity contribution < 1.29 is 14.3 Å². The second-order valence-electron chi connectivity index (χ2n) is 6.72. The zero-order valence-corrected chi connectivity index (χ0v) is 13.8. The van der Waals surface area contributed by atoms with Gasteiger partial charge in [-0.1, -0.05) is 12.1 Å². The van der Waals surface area contributed by atoms with Crippen LogP contribution in [0.25, 0.3) is 10.9 Å². The van der Waals surface area contributed by atoms with E-state index in [9.17, 15) is 4.79 Å². The van der Waals surface area contributed by atoms with E-state index in [2.05, 4.69) is 41.3 Å². The summed E-state index contributed by atoms with van der Waals surface area (Å²) in [6, 6.07) is 6.52. The van der Waals surface area contributed by atoms with E-state index in [4.69, 9.17) is 9.47 Å². The Bertz CT molecular complexity index is 769. The number of esters is 1. The molecule has 4 rings (SSSR count). The number of benzene rings is 1. The first-order valence-corrected chi connectivity index (χ1v) is 8.03. The standard InChI is InChI=1S/C18H22N2O3/c1-20-10-12(17(21)22-2)8-18(23-3)13-5-4-6-14-16(13)11(9-19-14)7-15(18)20/h4-6,9,12,15,19H,7-8,10H2,1-3H3/t12-,15-,18+/m0/s1. The summed E-state index contributed by atoms with van der Waals surface area (Å²) in [5.41, 5.74) is 3.18. The number of hydrogen-bond donors (Lipinski definition) is 1. The largest absolute Gasteiger partial charge is 0.469 e. The summed E-state index contributed by atoms with van der Waals surface area (Å²) in [7, 11) is 5.29. The van der Waals surface area contributed by atoms with Crippen molar-refractivity contribution in [3.8, 4) is 0 Å². The Morgan fingerprint density at radius 2 is 2.22 bits per heavy atom. The summed E-state index contributed by atoms with van der Waals surface area (Å²) in [5.74, 6) is -0.323. The van der Waals surface area contributed by atoms with Crippen LogP contribution in [0, 0.1) is 5.92 Å². The van der Waals surface area contributed by atoms with Crippen molar-refractivity contribution in [3.63, 3.8) is 0 Å². The van der Waals surface area contributed by atoms with E-state index in [1.54, 1.807) is 7.11 Å². The predicted molar refractivity (Wildman–Crippen MR) is 87.2 cm³/mol. The molecule has 1 aliphatic carbocycles. The van der Waals surface area contributed by atoms with Crippen LogP contribution >= 0.6 is 0 Å². The number of ether oxygens (including phenoxy) is 2. The molecule has 0 unspecified atom stereocenters. The van der Waals surface area contributed by atoms with Gasteiger partial charge in [-0.2, -0.15) is 0 Å². The van der Waals surface area contributed by atoms with Crippen LogP contribution in [0.1, 0.15) is 17.5 Å². The van der Waals surface area contributed by atoms with Crippen LogP contribution in [0.5, 0.6) is 0 Å². The van der Waals surface area contributed by atoms with Crippen LogP contribution in [0.3, 0.4) is 0 Å². The quantitative estimate of drug-likeness (QED) is 0.862. The number of aromatic amines is 1. The average Bonchev–Trinajstić information content (AvgIpc) is 2.99. The van der Waals surface area contributed by atoms with Gasteiger partial charge in [-0.15, -0.1) is 0 Å². The molecule has 1 aromatic heterocycles. The molecular formula is C18H22N2O3. The van der Waals surface area contributed by atoms with Crippen molar-refractivity contribution in [2.24, 2.45) is 5.92 Å². The molecule has 0 amide bonds. The number of H-pyrrole nitrogens is 1.